The number of nitrogens with two attached hydrogens (primary N) is 1. The van der Waals surface area contributed by atoms with E-state index in [1.54, 1.807) is 0 Å². The minimum atomic E-state index is 0.594. The molecule has 0 saturated carbocycles. The molecular formula is C12H14BrN3. The number of hydrogen-bond acceptors (Lipinski definition) is 2. The molecule has 2 aromatic rings. The molecule has 0 bridgehead atoms. The molecule has 0 amide bonds. The predicted molar refractivity (Wildman–Crippen MR) is 70.2 cm³/mol. The Morgan fingerprint density at radius 2 is 2.00 bits per heavy atom. The fraction of sp³-hybridized carbons (Fsp3) is 0.250. The summed E-state index contributed by atoms with van der Waals surface area (Å²) in [7, 11) is 1.92. The van der Waals surface area contributed by atoms with Gasteiger partial charge >= 0.3 is 0 Å². The molecule has 16 heavy (non-hydrogen) atoms. The number of nitrogen functional groups attached to an aromatic ring is 1. The lowest BCUT2D eigenvalue weighted by molar-refractivity contribution is 0.779. The van der Waals surface area contributed by atoms with Crippen molar-refractivity contribution >= 4 is 21.7 Å². The first-order valence-electron chi connectivity index (χ1n) is 5.06. The Labute approximate surface area is 103 Å². The molecule has 1 aromatic heterocycles. The zero-order chi connectivity index (χ0) is 11.9. The minimum absolute atomic E-state index is 0.594. The van der Waals surface area contributed by atoms with Gasteiger partial charge in [0.2, 0.25) is 0 Å². The second kappa shape index (κ2) is 3.94. The van der Waals surface area contributed by atoms with Crippen molar-refractivity contribution in [3.63, 3.8) is 0 Å². The molecule has 2 N–H and O–H groups in total. The molecule has 0 spiro atoms. The van der Waals surface area contributed by atoms with Crippen molar-refractivity contribution < 1.29 is 0 Å². The van der Waals surface area contributed by atoms with Crippen molar-refractivity contribution in [2.75, 3.05) is 5.73 Å². The second-order valence-corrected chi connectivity index (χ2v) is 4.86. The number of nitrogens with zero attached hydrogens (tertiary/aromatic N) is 2. The van der Waals surface area contributed by atoms with E-state index < -0.39 is 0 Å². The lowest BCUT2D eigenvalue weighted by Crippen LogP contribution is -1.96. The highest BCUT2D eigenvalue weighted by atomic mass is 79.9. The number of benzene rings is 1. The van der Waals surface area contributed by atoms with Crippen LogP contribution in [0.2, 0.25) is 0 Å². The van der Waals surface area contributed by atoms with Gasteiger partial charge in [-0.3, -0.25) is 4.68 Å². The van der Waals surface area contributed by atoms with Gasteiger partial charge in [0.15, 0.2) is 0 Å². The van der Waals surface area contributed by atoms with Gasteiger partial charge in [0.05, 0.1) is 5.69 Å². The van der Waals surface area contributed by atoms with Gasteiger partial charge in [0, 0.05) is 22.6 Å². The van der Waals surface area contributed by atoms with E-state index in [9.17, 15) is 0 Å². The van der Waals surface area contributed by atoms with Crippen molar-refractivity contribution in [2.45, 2.75) is 13.8 Å². The van der Waals surface area contributed by atoms with E-state index in [0.29, 0.717) is 5.82 Å². The molecule has 3 nitrogen and oxygen atoms in total. The van der Waals surface area contributed by atoms with Gasteiger partial charge in [0.1, 0.15) is 5.82 Å². The van der Waals surface area contributed by atoms with Gasteiger partial charge in [-0.25, -0.2) is 0 Å². The molecule has 84 valence electrons. The predicted octanol–water partition coefficient (Wildman–Crippen LogP) is 3.05. The van der Waals surface area contributed by atoms with Crippen LogP contribution in [0.4, 0.5) is 5.82 Å². The van der Waals surface area contributed by atoms with Crippen LogP contribution < -0.4 is 5.73 Å². The second-order valence-electron chi connectivity index (χ2n) is 3.94. The summed E-state index contributed by atoms with van der Waals surface area (Å²) in [5, 5.41) is 4.24. The first kappa shape index (κ1) is 11.2. The maximum atomic E-state index is 5.82. The summed E-state index contributed by atoms with van der Waals surface area (Å²) in [6.07, 6.45) is 0. The van der Waals surface area contributed by atoms with E-state index >= 15 is 0 Å². The Morgan fingerprint density at radius 1 is 1.31 bits per heavy atom. The van der Waals surface area contributed by atoms with E-state index in [2.05, 4.69) is 40.1 Å². The molecule has 4 heteroatoms. The number of aryl methyl sites for hydroxylation is 2. The Morgan fingerprint density at radius 3 is 2.56 bits per heavy atom. The highest BCUT2D eigenvalue weighted by molar-refractivity contribution is 9.10. The average molecular weight is 280 g/mol. The smallest absolute Gasteiger partial charge is 0.148 e. The highest BCUT2D eigenvalue weighted by Crippen LogP contribution is 2.31. The summed E-state index contributed by atoms with van der Waals surface area (Å²) >= 11 is 3.49. The SMILES string of the molecule is Cc1ccc(Br)cc1-c1c(C)c(N)nn1C. The quantitative estimate of drug-likeness (QED) is 0.872. The van der Waals surface area contributed by atoms with Crippen LogP contribution in [0.25, 0.3) is 11.3 Å². The Kier molecular flexibility index (Phi) is 2.76. The fourth-order valence-corrected chi connectivity index (χ4v) is 2.24. The number of halogens is 1. The highest BCUT2D eigenvalue weighted by Gasteiger charge is 2.13. The molecule has 0 radical (unpaired) electrons. The average Bonchev–Trinajstić information content (AvgIpc) is 2.46. The zero-order valence-electron chi connectivity index (χ0n) is 9.58. The maximum absolute atomic E-state index is 5.82. The Balaban J connectivity index is 2.71. The molecule has 0 atom stereocenters. The number of anilines is 1. The van der Waals surface area contributed by atoms with Crippen molar-refractivity contribution in [1.82, 2.24) is 9.78 Å². The Hall–Kier alpha value is -1.29. The summed E-state index contributed by atoms with van der Waals surface area (Å²) in [4.78, 5) is 0. The fourth-order valence-electron chi connectivity index (χ4n) is 1.88. The van der Waals surface area contributed by atoms with E-state index in [1.165, 1.54) is 11.1 Å². The van der Waals surface area contributed by atoms with Crippen molar-refractivity contribution in [2.24, 2.45) is 7.05 Å². The summed E-state index contributed by atoms with van der Waals surface area (Å²) in [6.45, 7) is 4.09. The van der Waals surface area contributed by atoms with Gasteiger partial charge in [-0.1, -0.05) is 22.0 Å². The third kappa shape index (κ3) is 1.73. The van der Waals surface area contributed by atoms with E-state index in [1.807, 2.05) is 24.7 Å². The third-order valence-electron chi connectivity index (χ3n) is 2.78. The van der Waals surface area contributed by atoms with Crippen molar-refractivity contribution in [1.29, 1.82) is 0 Å². The molecule has 0 aliphatic carbocycles. The Bertz CT molecular complexity index is 543. The van der Waals surface area contributed by atoms with E-state index in [4.69, 9.17) is 5.73 Å². The standard InChI is InChI=1S/C12H14BrN3/c1-7-4-5-9(13)6-10(7)11-8(2)12(14)15-16(11)3/h4-6H,1-3H3,(H2,14,15). The van der Waals surface area contributed by atoms with Gasteiger partial charge in [-0.2, -0.15) is 5.10 Å². The molecule has 1 heterocycles. The first-order chi connectivity index (χ1) is 7.50. The first-order valence-corrected chi connectivity index (χ1v) is 5.85. The molecule has 0 saturated heterocycles. The summed E-state index contributed by atoms with van der Waals surface area (Å²) in [5.74, 6) is 0.594. The molecule has 0 aliphatic rings. The topological polar surface area (TPSA) is 43.8 Å². The van der Waals surface area contributed by atoms with Gasteiger partial charge in [-0.15, -0.1) is 0 Å². The van der Waals surface area contributed by atoms with Crippen LogP contribution in [0.5, 0.6) is 0 Å². The lowest BCUT2D eigenvalue weighted by atomic mass is 10.0. The zero-order valence-corrected chi connectivity index (χ0v) is 11.2. The van der Waals surface area contributed by atoms with Gasteiger partial charge in [0.25, 0.3) is 0 Å². The van der Waals surface area contributed by atoms with Crippen LogP contribution in [0.1, 0.15) is 11.1 Å². The van der Waals surface area contributed by atoms with Crippen LogP contribution in [-0.2, 0) is 7.05 Å². The molecule has 0 unspecified atom stereocenters. The molecule has 1 aromatic carbocycles. The van der Waals surface area contributed by atoms with E-state index in [-0.39, 0.29) is 0 Å². The van der Waals surface area contributed by atoms with E-state index in [0.717, 1.165) is 15.7 Å². The van der Waals surface area contributed by atoms with Crippen molar-refractivity contribution in [3.05, 3.63) is 33.8 Å². The van der Waals surface area contributed by atoms with Crippen molar-refractivity contribution in [3.8, 4) is 11.3 Å². The number of hydrogen-bond donors (Lipinski definition) is 1. The largest absolute Gasteiger partial charge is 0.382 e. The monoisotopic (exact) mass is 279 g/mol. The van der Waals surface area contributed by atoms with Crippen LogP contribution in [0.15, 0.2) is 22.7 Å². The third-order valence-corrected chi connectivity index (χ3v) is 3.27. The number of aromatic nitrogens is 2. The van der Waals surface area contributed by atoms with Gasteiger partial charge in [-0.05, 0) is 31.5 Å². The van der Waals surface area contributed by atoms with Crippen LogP contribution in [-0.4, -0.2) is 9.78 Å². The summed E-state index contributed by atoms with van der Waals surface area (Å²) in [5.41, 5.74) is 10.3. The molecule has 0 aliphatic heterocycles. The molecular weight excluding hydrogens is 266 g/mol. The maximum Gasteiger partial charge on any atom is 0.148 e. The molecule has 2 rings (SSSR count). The summed E-state index contributed by atoms with van der Waals surface area (Å²) < 4.78 is 2.90. The molecule has 0 fully saturated rings. The van der Waals surface area contributed by atoms with Crippen LogP contribution in [0.3, 0.4) is 0 Å². The normalized spacial score (nSPS) is 10.8. The number of rotatable bonds is 1. The lowest BCUT2D eigenvalue weighted by Gasteiger charge is -2.08. The minimum Gasteiger partial charge on any atom is -0.382 e. The van der Waals surface area contributed by atoms with Crippen LogP contribution in [0, 0.1) is 13.8 Å². The van der Waals surface area contributed by atoms with Crippen LogP contribution >= 0.6 is 15.9 Å². The van der Waals surface area contributed by atoms with Gasteiger partial charge < -0.3 is 5.73 Å². The summed E-state index contributed by atoms with van der Waals surface area (Å²) in [6, 6.07) is 6.22.